The quantitative estimate of drug-likeness (QED) is 0.880. The molecule has 1 heterocycles. The van der Waals surface area contributed by atoms with Crippen molar-refractivity contribution in [2.75, 3.05) is 13.2 Å². The van der Waals surface area contributed by atoms with Crippen molar-refractivity contribution in [2.24, 2.45) is 0 Å². The molecule has 0 aliphatic carbocycles. The average molecular weight is 280 g/mol. The summed E-state index contributed by atoms with van der Waals surface area (Å²) >= 11 is 1.54. The van der Waals surface area contributed by atoms with E-state index in [1.165, 1.54) is 12.1 Å². The molecule has 0 aliphatic rings. The normalized spacial score (nSPS) is 10.2. The summed E-state index contributed by atoms with van der Waals surface area (Å²) in [6.45, 7) is 0.325. The molecule has 0 unspecified atom stereocenters. The Morgan fingerprint density at radius 2 is 2.26 bits per heavy atom. The van der Waals surface area contributed by atoms with Crippen LogP contribution < -0.4 is 10.1 Å². The highest BCUT2D eigenvalue weighted by atomic mass is 32.1. The third-order valence-corrected chi connectivity index (χ3v) is 3.21. The van der Waals surface area contributed by atoms with E-state index in [9.17, 15) is 9.18 Å². The van der Waals surface area contributed by atoms with Gasteiger partial charge in [-0.1, -0.05) is 12.1 Å². The van der Waals surface area contributed by atoms with Gasteiger partial charge in [-0.05, 0) is 12.1 Å². The van der Waals surface area contributed by atoms with Gasteiger partial charge in [0.1, 0.15) is 0 Å². The standard InChI is InChI=1S/C13H13FN2O2S/c14-11-3-1-2-4-12(11)18-8-13(17)16-6-5-10-7-15-9-19-10/h1-4,7,9H,5-6,8H2,(H,16,17). The molecule has 1 aromatic carbocycles. The fraction of sp³-hybridized carbons (Fsp3) is 0.231. The predicted molar refractivity (Wildman–Crippen MR) is 70.7 cm³/mol. The highest BCUT2D eigenvalue weighted by Crippen LogP contribution is 2.14. The van der Waals surface area contributed by atoms with E-state index in [1.807, 2.05) is 0 Å². The number of carbonyl (C=O) groups excluding carboxylic acids is 1. The van der Waals surface area contributed by atoms with E-state index >= 15 is 0 Å². The Bertz CT molecular complexity index is 531. The van der Waals surface area contributed by atoms with Crippen LogP contribution in [0.5, 0.6) is 5.75 Å². The molecule has 4 nitrogen and oxygen atoms in total. The maximum Gasteiger partial charge on any atom is 0.257 e. The van der Waals surface area contributed by atoms with Crippen LogP contribution in [0.2, 0.25) is 0 Å². The molecule has 0 aliphatic heterocycles. The number of rotatable bonds is 6. The molecular formula is C13H13FN2O2S. The fourth-order valence-corrected chi connectivity index (χ4v) is 2.05. The Morgan fingerprint density at radius 3 is 3.00 bits per heavy atom. The van der Waals surface area contributed by atoms with Gasteiger partial charge in [0.25, 0.3) is 5.91 Å². The maximum absolute atomic E-state index is 13.2. The molecule has 1 aromatic heterocycles. The molecule has 6 heteroatoms. The van der Waals surface area contributed by atoms with Crippen molar-refractivity contribution >= 4 is 17.2 Å². The minimum atomic E-state index is -0.472. The Balaban J connectivity index is 1.69. The predicted octanol–water partition coefficient (Wildman–Crippen LogP) is 2.02. The van der Waals surface area contributed by atoms with Crippen LogP contribution >= 0.6 is 11.3 Å². The van der Waals surface area contributed by atoms with Crippen LogP contribution in [0.15, 0.2) is 36.0 Å². The first-order valence-corrected chi connectivity index (χ1v) is 6.65. The van der Waals surface area contributed by atoms with Crippen molar-refractivity contribution in [1.82, 2.24) is 10.3 Å². The number of nitrogens with one attached hydrogen (secondary N) is 1. The zero-order valence-corrected chi connectivity index (χ0v) is 11.0. The van der Waals surface area contributed by atoms with Gasteiger partial charge in [-0.25, -0.2) is 4.39 Å². The molecule has 1 N–H and O–H groups in total. The Morgan fingerprint density at radius 1 is 1.42 bits per heavy atom. The van der Waals surface area contributed by atoms with Gasteiger partial charge >= 0.3 is 0 Å². The fourth-order valence-electron chi connectivity index (χ4n) is 1.45. The number of thiazole rings is 1. The molecule has 0 saturated heterocycles. The summed E-state index contributed by atoms with van der Waals surface area (Å²) in [7, 11) is 0. The second kappa shape index (κ2) is 6.84. The number of aromatic nitrogens is 1. The first-order valence-electron chi connectivity index (χ1n) is 5.77. The summed E-state index contributed by atoms with van der Waals surface area (Å²) in [5, 5.41) is 2.70. The molecule has 0 spiro atoms. The highest BCUT2D eigenvalue weighted by molar-refractivity contribution is 7.09. The minimum Gasteiger partial charge on any atom is -0.481 e. The molecule has 1 amide bonds. The lowest BCUT2D eigenvalue weighted by Crippen LogP contribution is -2.30. The number of hydrogen-bond acceptors (Lipinski definition) is 4. The van der Waals surface area contributed by atoms with Gasteiger partial charge in [-0.3, -0.25) is 9.78 Å². The lowest BCUT2D eigenvalue weighted by Gasteiger charge is -2.07. The monoisotopic (exact) mass is 280 g/mol. The topological polar surface area (TPSA) is 51.2 Å². The van der Waals surface area contributed by atoms with Crippen LogP contribution in [0, 0.1) is 5.82 Å². The van der Waals surface area contributed by atoms with Gasteiger partial charge in [0.05, 0.1) is 5.51 Å². The van der Waals surface area contributed by atoms with Crippen molar-refractivity contribution in [1.29, 1.82) is 0 Å². The number of halogens is 1. The summed E-state index contributed by atoms with van der Waals surface area (Å²) in [5.41, 5.74) is 1.75. The first-order chi connectivity index (χ1) is 9.25. The lowest BCUT2D eigenvalue weighted by atomic mass is 10.3. The van der Waals surface area contributed by atoms with Crippen LogP contribution in [0.25, 0.3) is 0 Å². The summed E-state index contributed by atoms with van der Waals surface area (Å²) in [5.74, 6) is -0.659. The van der Waals surface area contributed by atoms with E-state index in [4.69, 9.17) is 4.74 Å². The van der Waals surface area contributed by atoms with E-state index in [1.54, 1.807) is 35.2 Å². The van der Waals surface area contributed by atoms with Crippen LogP contribution in [-0.2, 0) is 11.2 Å². The SMILES string of the molecule is O=C(COc1ccccc1F)NCCc1cncs1. The first kappa shape index (κ1) is 13.5. The van der Waals surface area contributed by atoms with Gasteiger partial charge in [-0.2, -0.15) is 0 Å². The molecule has 0 atom stereocenters. The number of para-hydroxylation sites is 1. The average Bonchev–Trinajstić information content (AvgIpc) is 2.91. The Labute approximate surface area is 114 Å². The van der Waals surface area contributed by atoms with Crippen molar-refractivity contribution in [3.63, 3.8) is 0 Å². The van der Waals surface area contributed by atoms with E-state index in [-0.39, 0.29) is 18.3 Å². The molecule has 19 heavy (non-hydrogen) atoms. The number of benzene rings is 1. The summed E-state index contributed by atoms with van der Waals surface area (Å²) < 4.78 is 18.3. The molecule has 0 radical (unpaired) electrons. The van der Waals surface area contributed by atoms with Crippen molar-refractivity contribution in [2.45, 2.75) is 6.42 Å². The molecule has 0 saturated carbocycles. The van der Waals surface area contributed by atoms with Gasteiger partial charge in [0, 0.05) is 24.0 Å². The summed E-state index contributed by atoms with van der Waals surface area (Å²) in [4.78, 5) is 16.5. The van der Waals surface area contributed by atoms with Gasteiger partial charge in [0.2, 0.25) is 0 Å². The van der Waals surface area contributed by atoms with Crippen LogP contribution in [0.1, 0.15) is 4.88 Å². The maximum atomic E-state index is 13.2. The Kier molecular flexibility index (Phi) is 4.85. The molecule has 100 valence electrons. The van der Waals surface area contributed by atoms with E-state index in [0.29, 0.717) is 6.54 Å². The number of ether oxygens (including phenoxy) is 1. The zero-order valence-electron chi connectivity index (χ0n) is 10.1. The summed E-state index contributed by atoms with van der Waals surface area (Å²) in [6, 6.07) is 5.99. The molecule has 0 fully saturated rings. The van der Waals surface area contributed by atoms with Crippen molar-refractivity contribution in [3.05, 3.63) is 46.7 Å². The van der Waals surface area contributed by atoms with E-state index < -0.39 is 5.82 Å². The smallest absolute Gasteiger partial charge is 0.257 e. The largest absolute Gasteiger partial charge is 0.481 e. The minimum absolute atomic E-state index is 0.0834. The number of hydrogen-bond donors (Lipinski definition) is 1. The second-order valence-corrected chi connectivity index (χ2v) is 4.76. The number of carbonyl (C=O) groups is 1. The molecule has 0 bridgehead atoms. The molecule has 2 aromatic rings. The highest BCUT2D eigenvalue weighted by Gasteiger charge is 2.05. The lowest BCUT2D eigenvalue weighted by molar-refractivity contribution is -0.123. The van der Waals surface area contributed by atoms with Crippen LogP contribution in [-0.4, -0.2) is 24.0 Å². The summed E-state index contributed by atoms with van der Waals surface area (Å²) in [6.07, 6.45) is 2.50. The Hall–Kier alpha value is -1.95. The van der Waals surface area contributed by atoms with Gasteiger partial charge in [0.15, 0.2) is 18.2 Å². The molecular weight excluding hydrogens is 267 g/mol. The second-order valence-electron chi connectivity index (χ2n) is 3.79. The van der Waals surface area contributed by atoms with Crippen molar-refractivity contribution in [3.8, 4) is 5.75 Å². The van der Waals surface area contributed by atoms with E-state index in [0.717, 1.165) is 11.3 Å². The van der Waals surface area contributed by atoms with Gasteiger partial charge in [-0.15, -0.1) is 11.3 Å². The third kappa shape index (κ3) is 4.33. The van der Waals surface area contributed by atoms with E-state index in [2.05, 4.69) is 10.3 Å². The number of nitrogens with zero attached hydrogens (tertiary/aromatic N) is 1. The van der Waals surface area contributed by atoms with Crippen LogP contribution in [0.4, 0.5) is 4.39 Å². The van der Waals surface area contributed by atoms with Crippen molar-refractivity contribution < 1.29 is 13.9 Å². The van der Waals surface area contributed by atoms with Gasteiger partial charge < -0.3 is 10.1 Å². The number of amides is 1. The third-order valence-electron chi connectivity index (χ3n) is 2.37. The van der Waals surface area contributed by atoms with Crippen LogP contribution in [0.3, 0.4) is 0 Å². The zero-order chi connectivity index (χ0) is 13.5. The molecule has 2 rings (SSSR count).